The zero-order valence-corrected chi connectivity index (χ0v) is 12.8. The number of aryl methyl sites for hydroxylation is 1. The minimum absolute atomic E-state index is 0.0602. The lowest BCUT2D eigenvalue weighted by molar-refractivity contribution is -0.174. The molecule has 0 bridgehead atoms. The molecule has 0 amide bonds. The van der Waals surface area contributed by atoms with E-state index in [1.165, 1.54) is 7.11 Å². The zero-order chi connectivity index (χ0) is 15.3. The SMILES string of the molecule is COc1cc(C)c(Br)cc1C(N)CCOCC(F)(F)F. The van der Waals surface area contributed by atoms with Gasteiger partial charge in [-0.25, -0.2) is 0 Å². The van der Waals surface area contributed by atoms with Gasteiger partial charge in [-0.05, 0) is 31.0 Å². The number of hydrogen-bond acceptors (Lipinski definition) is 3. The smallest absolute Gasteiger partial charge is 0.411 e. The summed E-state index contributed by atoms with van der Waals surface area (Å²) in [4.78, 5) is 0. The van der Waals surface area contributed by atoms with Crippen molar-refractivity contribution < 1.29 is 22.6 Å². The first-order valence-electron chi connectivity index (χ1n) is 5.98. The maximum Gasteiger partial charge on any atom is 0.411 e. The molecule has 3 nitrogen and oxygen atoms in total. The molecule has 2 N–H and O–H groups in total. The molecule has 0 spiro atoms. The number of methoxy groups -OCH3 is 1. The molecule has 1 aromatic carbocycles. The largest absolute Gasteiger partial charge is 0.496 e. The summed E-state index contributed by atoms with van der Waals surface area (Å²) in [6.07, 6.45) is -4.03. The van der Waals surface area contributed by atoms with Gasteiger partial charge in [-0.2, -0.15) is 13.2 Å². The molecule has 0 fully saturated rings. The van der Waals surface area contributed by atoms with Crippen molar-refractivity contribution >= 4 is 15.9 Å². The van der Waals surface area contributed by atoms with Crippen LogP contribution in [-0.4, -0.2) is 26.5 Å². The first-order valence-corrected chi connectivity index (χ1v) is 6.78. The summed E-state index contributed by atoms with van der Waals surface area (Å²) in [5.74, 6) is 0.619. The van der Waals surface area contributed by atoms with Crippen molar-refractivity contribution in [2.75, 3.05) is 20.3 Å². The summed E-state index contributed by atoms with van der Waals surface area (Å²) in [6, 6.07) is 3.20. The maximum atomic E-state index is 11.9. The van der Waals surface area contributed by atoms with Gasteiger partial charge < -0.3 is 15.2 Å². The molecule has 0 radical (unpaired) electrons. The summed E-state index contributed by atoms with van der Waals surface area (Å²) < 4.78 is 46.5. The van der Waals surface area contributed by atoms with Crippen molar-refractivity contribution in [1.29, 1.82) is 0 Å². The minimum Gasteiger partial charge on any atom is -0.496 e. The Kier molecular flexibility index (Phi) is 6.29. The molecule has 0 saturated carbocycles. The lowest BCUT2D eigenvalue weighted by atomic mass is 10.0. The second-order valence-corrected chi connectivity index (χ2v) is 5.26. The summed E-state index contributed by atoms with van der Waals surface area (Å²) in [6.45, 7) is 0.595. The molecule has 114 valence electrons. The highest BCUT2D eigenvalue weighted by atomic mass is 79.9. The standard InChI is InChI=1S/C13H17BrF3NO2/c1-8-5-12(19-2)9(6-10(8)14)11(18)3-4-20-7-13(15,16)17/h5-6,11H,3-4,7,18H2,1-2H3. The van der Waals surface area contributed by atoms with Crippen LogP contribution in [-0.2, 0) is 4.74 Å². The predicted molar refractivity (Wildman–Crippen MR) is 73.9 cm³/mol. The first-order chi connectivity index (χ1) is 9.24. The summed E-state index contributed by atoms with van der Waals surface area (Å²) in [5, 5.41) is 0. The van der Waals surface area contributed by atoms with Crippen LogP contribution < -0.4 is 10.5 Å². The highest BCUT2D eigenvalue weighted by molar-refractivity contribution is 9.10. The van der Waals surface area contributed by atoms with E-state index in [0.29, 0.717) is 5.75 Å². The lowest BCUT2D eigenvalue weighted by Crippen LogP contribution is -2.20. The van der Waals surface area contributed by atoms with Crippen molar-refractivity contribution in [1.82, 2.24) is 0 Å². The van der Waals surface area contributed by atoms with Gasteiger partial charge in [-0.3, -0.25) is 0 Å². The fraction of sp³-hybridized carbons (Fsp3) is 0.538. The molecule has 1 atom stereocenters. The average Bonchev–Trinajstić information content (AvgIpc) is 2.36. The van der Waals surface area contributed by atoms with E-state index < -0.39 is 18.8 Å². The van der Waals surface area contributed by atoms with Crippen molar-refractivity contribution in [2.45, 2.75) is 25.6 Å². The van der Waals surface area contributed by atoms with Gasteiger partial charge in [0.15, 0.2) is 0 Å². The van der Waals surface area contributed by atoms with E-state index in [1.54, 1.807) is 0 Å². The fourth-order valence-electron chi connectivity index (χ4n) is 1.69. The second kappa shape index (κ2) is 7.28. The van der Waals surface area contributed by atoms with E-state index in [4.69, 9.17) is 10.5 Å². The van der Waals surface area contributed by atoms with Crippen molar-refractivity contribution in [3.05, 3.63) is 27.7 Å². The predicted octanol–water partition coefficient (Wildman–Crippen LogP) is 3.73. The molecule has 0 aliphatic heterocycles. The Balaban J connectivity index is 2.63. The van der Waals surface area contributed by atoms with Gasteiger partial charge in [0.2, 0.25) is 0 Å². The molecule has 0 aliphatic rings. The number of benzene rings is 1. The highest BCUT2D eigenvalue weighted by Crippen LogP contribution is 2.31. The van der Waals surface area contributed by atoms with Gasteiger partial charge in [-0.1, -0.05) is 15.9 Å². The number of hydrogen-bond donors (Lipinski definition) is 1. The van der Waals surface area contributed by atoms with Gasteiger partial charge in [0, 0.05) is 22.7 Å². The Morgan fingerprint density at radius 1 is 1.35 bits per heavy atom. The van der Waals surface area contributed by atoms with E-state index in [1.807, 2.05) is 19.1 Å². The molecule has 7 heteroatoms. The Morgan fingerprint density at radius 2 is 2.00 bits per heavy atom. The van der Waals surface area contributed by atoms with E-state index in [2.05, 4.69) is 20.7 Å². The third-order valence-corrected chi connectivity index (χ3v) is 3.60. The van der Waals surface area contributed by atoms with Crippen LogP contribution in [0.4, 0.5) is 13.2 Å². The number of alkyl halides is 3. The molecule has 20 heavy (non-hydrogen) atoms. The molecule has 0 aromatic heterocycles. The van der Waals surface area contributed by atoms with Gasteiger partial charge in [0.25, 0.3) is 0 Å². The molecule has 0 heterocycles. The van der Waals surface area contributed by atoms with Crippen LogP contribution in [0.25, 0.3) is 0 Å². The molecule has 1 aromatic rings. The van der Waals surface area contributed by atoms with Gasteiger partial charge in [-0.15, -0.1) is 0 Å². The first kappa shape index (κ1) is 17.3. The van der Waals surface area contributed by atoms with Crippen LogP contribution >= 0.6 is 15.9 Å². The molecule has 1 rings (SSSR count). The van der Waals surface area contributed by atoms with Crippen molar-refractivity contribution in [2.24, 2.45) is 5.73 Å². The highest BCUT2D eigenvalue weighted by Gasteiger charge is 2.27. The quantitative estimate of drug-likeness (QED) is 0.790. The molecule has 1 unspecified atom stereocenters. The monoisotopic (exact) mass is 355 g/mol. The molecule has 0 saturated heterocycles. The Bertz CT molecular complexity index is 452. The van der Waals surface area contributed by atoms with Crippen LogP contribution in [0, 0.1) is 6.92 Å². The van der Waals surface area contributed by atoms with Crippen LogP contribution in [0.15, 0.2) is 16.6 Å². The summed E-state index contributed by atoms with van der Waals surface area (Å²) in [5.41, 5.74) is 7.71. The van der Waals surface area contributed by atoms with E-state index in [-0.39, 0.29) is 13.0 Å². The van der Waals surface area contributed by atoms with E-state index >= 15 is 0 Å². The van der Waals surface area contributed by atoms with Gasteiger partial charge in [0.05, 0.1) is 7.11 Å². The third-order valence-electron chi connectivity index (χ3n) is 2.75. The number of rotatable bonds is 6. The Morgan fingerprint density at radius 3 is 2.55 bits per heavy atom. The van der Waals surface area contributed by atoms with Crippen LogP contribution in [0.5, 0.6) is 5.75 Å². The van der Waals surface area contributed by atoms with Gasteiger partial charge >= 0.3 is 6.18 Å². The van der Waals surface area contributed by atoms with E-state index in [9.17, 15) is 13.2 Å². The zero-order valence-electron chi connectivity index (χ0n) is 11.3. The third kappa shape index (κ3) is 5.30. The topological polar surface area (TPSA) is 44.5 Å². The Labute approximate surface area is 124 Å². The average molecular weight is 356 g/mol. The fourth-order valence-corrected chi connectivity index (χ4v) is 2.05. The summed E-state index contributed by atoms with van der Waals surface area (Å²) in [7, 11) is 1.53. The number of halogens is 4. The molecular formula is C13H17BrF3NO2. The second-order valence-electron chi connectivity index (χ2n) is 4.41. The van der Waals surface area contributed by atoms with Crippen molar-refractivity contribution in [3.8, 4) is 5.75 Å². The van der Waals surface area contributed by atoms with E-state index in [0.717, 1.165) is 15.6 Å². The van der Waals surface area contributed by atoms with Gasteiger partial charge in [0.1, 0.15) is 12.4 Å². The van der Waals surface area contributed by atoms with Crippen LogP contribution in [0.1, 0.15) is 23.6 Å². The lowest BCUT2D eigenvalue weighted by Gasteiger charge is -2.17. The maximum absolute atomic E-state index is 11.9. The molecule has 0 aliphatic carbocycles. The normalized spacial score (nSPS) is 13.3. The Hall–Kier alpha value is -0.790. The van der Waals surface area contributed by atoms with Crippen LogP contribution in [0.2, 0.25) is 0 Å². The molecular weight excluding hydrogens is 339 g/mol. The van der Waals surface area contributed by atoms with Crippen molar-refractivity contribution in [3.63, 3.8) is 0 Å². The summed E-state index contributed by atoms with van der Waals surface area (Å²) >= 11 is 3.39. The van der Waals surface area contributed by atoms with Crippen LogP contribution in [0.3, 0.4) is 0 Å². The number of ether oxygens (including phenoxy) is 2. The minimum atomic E-state index is -4.31. The number of nitrogens with two attached hydrogens (primary N) is 1.